The highest BCUT2D eigenvalue weighted by Crippen LogP contribution is 2.68. The van der Waals surface area contributed by atoms with Gasteiger partial charge >= 0.3 is 0 Å². The molecule has 5 fully saturated rings. The molecule has 1 aliphatic heterocycles. The minimum Gasteiger partial charge on any atom is -0.393 e. The third-order valence-electron chi connectivity index (χ3n) is 10.1. The number of aliphatic hydroxyl groups is 1. The van der Waals surface area contributed by atoms with E-state index in [1.54, 1.807) is 0 Å². The summed E-state index contributed by atoms with van der Waals surface area (Å²) in [5.74, 6) is 3.67. The lowest BCUT2D eigenvalue weighted by Gasteiger charge is -2.62. The minimum atomic E-state index is -0.231. The van der Waals surface area contributed by atoms with E-state index >= 15 is 0 Å². The van der Waals surface area contributed by atoms with Crippen LogP contribution in [0.25, 0.3) is 0 Å². The van der Waals surface area contributed by atoms with Crippen molar-refractivity contribution in [3.63, 3.8) is 0 Å². The molecule has 1 spiro atoms. The molecule has 3 nitrogen and oxygen atoms in total. The summed E-state index contributed by atoms with van der Waals surface area (Å²) in [7, 11) is 0. The molecule has 4 aliphatic carbocycles. The Labute approximate surface area is 159 Å². The van der Waals surface area contributed by atoms with Gasteiger partial charge in [0.25, 0.3) is 0 Å². The summed E-state index contributed by atoms with van der Waals surface area (Å²) in [6, 6.07) is 0. The maximum Gasteiger partial charge on any atom is 0.168 e. The highest BCUT2D eigenvalue weighted by molar-refractivity contribution is 5.10. The number of aliphatic hydroxyl groups excluding tert-OH is 1. The molecule has 0 radical (unpaired) electrons. The summed E-state index contributed by atoms with van der Waals surface area (Å²) in [5.41, 5.74) is 0.861. The molecule has 0 amide bonds. The van der Waals surface area contributed by atoms with Crippen LogP contribution in [0.2, 0.25) is 0 Å². The van der Waals surface area contributed by atoms with Gasteiger partial charge < -0.3 is 14.6 Å². The third kappa shape index (κ3) is 2.35. The summed E-state index contributed by atoms with van der Waals surface area (Å²) >= 11 is 0. The maximum absolute atomic E-state index is 10.4. The number of rotatable bonds is 1. The highest BCUT2D eigenvalue weighted by Gasteiger charge is 2.62. The van der Waals surface area contributed by atoms with Crippen molar-refractivity contribution in [3.8, 4) is 0 Å². The SMILES string of the molecule is CC(O)C1CCC2C3CCC4CC5(CCC4(C)C3CCC12C)OCCO5. The first-order valence-electron chi connectivity index (χ1n) is 11.3. The van der Waals surface area contributed by atoms with E-state index < -0.39 is 0 Å². The molecule has 0 bridgehead atoms. The van der Waals surface area contributed by atoms with Gasteiger partial charge in [-0.3, -0.25) is 0 Å². The zero-order chi connectivity index (χ0) is 18.2. The van der Waals surface area contributed by atoms with Crippen LogP contribution in [-0.2, 0) is 9.47 Å². The fraction of sp³-hybridized carbons (Fsp3) is 1.00. The quantitative estimate of drug-likeness (QED) is 0.730. The molecule has 3 heteroatoms. The lowest BCUT2D eigenvalue weighted by Crippen LogP contribution is -2.56. The molecule has 1 saturated heterocycles. The Kier molecular flexibility index (Phi) is 4.10. The Balaban J connectivity index is 1.39. The summed E-state index contributed by atoms with van der Waals surface area (Å²) < 4.78 is 12.2. The van der Waals surface area contributed by atoms with Crippen LogP contribution in [0.15, 0.2) is 0 Å². The second-order valence-corrected chi connectivity index (χ2v) is 10.9. The van der Waals surface area contributed by atoms with Crippen molar-refractivity contribution in [3.05, 3.63) is 0 Å². The standard InChI is InChI=1S/C23H38O3/c1-15(24)18-6-7-19-17-5-4-16-14-23(25-12-13-26-23)11-10-21(16,2)20(17)8-9-22(18,19)3/h15-20,24H,4-14H2,1-3H3. The van der Waals surface area contributed by atoms with Crippen molar-refractivity contribution < 1.29 is 14.6 Å². The molecular weight excluding hydrogens is 324 g/mol. The Morgan fingerprint density at radius 3 is 2.31 bits per heavy atom. The van der Waals surface area contributed by atoms with E-state index in [0.29, 0.717) is 16.7 Å². The Hall–Kier alpha value is -0.120. The van der Waals surface area contributed by atoms with E-state index in [4.69, 9.17) is 9.47 Å². The topological polar surface area (TPSA) is 38.7 Å². The fourth-order valence-corrected chi connectivity index (χ4v) is 8.79. The molecule has 1 N–H and O–H groups in total. The zero-order valence-electron chi connectivity index (χ0n) is 17.0. The van der Waals surface area contributed by atoms with Crippen molar-refractivity contribution in [2.24, 2.45) is 40.4 Å². The van der Waals surface area contributed by atoms with E-state index in [1.165, 1.54) is 44.9 Å². The van der Waals surface area contributed by atoms with Crippen molar-refractivity contribution in [2.75, 3.05) is 13.2 Å². The van der Waals surface area contributed by atoms with Gasteiger partial charge in [0.1, 0.15) is 0 Å². The first-order chi connectivity index (χ1) is 12.4. The molecule has 26 heavy (non-hydrogen) atoms. The first-order valence-corrected chi connectivity index (χ1v) is 11.3. The van der Waals surface area contributed by atoms with Gasteiger partial charge in [-0.05, 0) is 92.3 Å². The van der Waals surface area contributed by atoms with Crippen LogP contribution in [0.3, 0.4) is 0 Å². The smallest absolute Gasteiger partial charge is 0.168 e. The monoisotopic (exact) mass is 362 g/mol. The van der Waals surface area contributed by atoms with E-state index in [2.05, 4.69) is 13.8 Å². The Morgan fingerprint density at radius 1 is 0.846 bits per heavy atom. The van der Waals surface area contributed by atoms with Crippen LogP contribution >= 0.6 is 0 Å². The van der Waals surface area contributed by atoms with Crippen LogP contribution in [0.5, 0.6) is 0 Å². The van der Waals surface area contributed by atoms with Crippen LogP contribution in [0, 0.1) is 40.4 Å². The van der Waals surface area contributed by atoms with Crippen molar-refractivity contribution in [2.45, 2.75) is 90.4 Å². The molecule has 4 saturated carbocycles. The number of hydrogen-bond acceptors (Lipinski definition) is 3. The number of fused-ring (bicyclic) bond motifs is 5. The lowest BCUT2D eigenvalue weighted by atomic mass is 9.44. The van der Waals surface area contributed by atoms with Gasteiger partial charge in [0, 0.05) is 12.8 Å². The summed E-state index contributed by atoms with van der Waals surface area (Å²) in [6.07, 6.45) is 11.4. The van der Waals surface area contributed by atoms with Crippen molar-refractivity contribution in [1.29, 1.82) is 0 Å². The average Bonchev–Trinajstić information content (AvgIpc) is 3.20. The van der Waals surface area contributed by atoms with Crippen LogP contribution in [0.4, 0.5) is 0 Å². The third-order valence-corrected chi connectivity index (χ3v) is 10.1. The van der Waals surface area contributed by atoms with Gasteiger partial charge in [0.05, 0.1) is 19.3 Å². The lowest BCUT2D eigenvalue weighted by molar-refractivity contribution is -0.230. The first kappa shape index (κ1) is 17.9. The van der Waals surface area contributed by atoms with Crippen molar-refractivity contribution in [1.82, 2.24) is 0 Å². The van der Waals surface area contributed by atoms with Gasteiger partial charge in [0.2, 0.25) is 0 Å². The highest BCUT2D eigenvalue weighted by atomic mass is 16.7. The van der Waals surface area contributed by atoms with E-state index in [1.807, 2.05) is 6.92 Å². The molecule has 0 aromatic rings. The van der Waals surface area contributed by atoms with Gasteiger partial charge in [-0.25, -0.2) is 0 Å². The number of ether oxygens (including phenoxy) is 2. The molecule has 0 aromatic heterocycles. The second-order valence-electron chi connectivity index (χ2n) is 10.9. The largest absolute Gasteiger partial charge is 0.393 e. The molecule has 148 valence electrons. The predicted octanol–water partition coefficient (Wildman–Crippen LogP) is 4.77. The van der Waals surface area contributed by atoms with E-state index in [-0.39, 0.29) is 11.9 Å². The van der Waals surface area contributed by atoms with Gasteiger partial charge in [-0.1, -0.05) is 13.8 Å². The number of hydrogen-bond donors (Lipinski definition) is 1. The van der Waals surface area contributed by atoms with Crippen LogP contribution in [0.1, 0.15) is 78.6 Å². The zero-order valence-corrected chi connectivity index (χ0v) is 17.0. The average molecular weight is 363 g/mol. The fourth-order valence-electron chi connectivity index (χ4n) is 8.79. The van der Waals surface area contributed by atoms with Gasteiger partial charge in [-0.2, -0.15) is 0 Å². The van der Waals surface area contributed by atoms with E-state index in [0.717, 1.165) is 49.7 Å². The van der Waals surface area contributed by atoms with Crippen LogP contribution < -0.4 is 0 Å². The minimum absolute atomic E-state index is 0.139. The second kappa shape index (κ2) is 5.94. The molecule has 1 heterocycles. The summed E-state index contributed by atoms with van der Waals surface area (Å²) in [4.78, 5) is 0. The molecule has 0 aromatic carbocycles. The van der Waals surface area contributed by atoms with Crippen molar-refractivity contribution >= 4 is 0 Å². The molecule has 8 atom stereocenters. The molecule has 5 rings (SSSR count). The summed E-state index contributed by atoms with van der Waals surface area (Å²) in [6.45, 7) is 8.74. The van der Waals surface area contributed by atoms with Crippen LogP contribution in [-0.4, -0.2) is 30.2 Å². The molecule has 5 aliphatic rings. The Morgan fingerprint density at radius 2 is 1.58 bits per heavy atom. The molecule has 8 unspecified atom stereocenters. The molecular formula is C23H38O3. The maximum atomic E-state index is 10.4. The van der Waals surface area contributed by atoms with Gasteiger partial charge in [-0.15, -0.1) is 0 Å². The summed E-state index contributed by atoms with van der Waals surface area (Å²) in [5, 5.41) is 10.4. The predicted molar refractivity (Wildman–Crippen MR) is 102 cm³/mol. The van der Waals surface area contributed by atoms with Gasteiger partial charge in [0.15, 0.2) is 5.79 Å². The normalized spacial score (nSPS) is 53.8. The van der Waals surface area contributed by atoms with E-state index in [9.17, 15) is 5.11 Å². The Bertz CT molecular complexity index is 554.